The molecule has 1 aromatic rings. The van der Waals surface area contributed by atoms with Gasteiger partial charge >= 0.3 is 12.1 Å². The van der Waals surface area contributed by atoms with Crippen molar-refractivity contribution < 1.29 is 29.3 Å². The van der Waals surface area contributed by atoms with Crippen LogP contribution in [0.5, 0.6) is 0 Å². The highest BCUT2D eigenvalue weighted by atomic mass is 16.5. The van der Waals surface area contributed by atoms with Crippen LogP contribution >= 0.6 is 0 Å². The van der Waals surface area contributed by atoms with Crippen LogP contribution in [0.25, 0.3) is 0 Å². The second kappa shape index (κ2) is 10.2. The number of alkyl carbamates (subject to hydrolysis) is 1. The summed E-state index contributed by atoms with van der Waals surface area (Å²) in [4.78, 5) is 33.5. The molecule has 0 aliphatic carbocycles. The molecular formula is C15H20N2O6. The Bertz CT molecular complexity index is 520. The molecule has 8 nitrogen and oxygen atoms in total. The molecule has 0 aliphatic heterocycles. The Labute approximate surface area is 133 Å². The third-order valence-corrected chi connectivity index (χ3v) is 2.88. The molecule has 4 N–H and O–H groups in total. The van der Waals surface area contributed by atoms with Gasteiger partial charge in [0.05, 0.1) is 6.61 Å². The largest absolute Gasteiger partial charge is 0.480 e. The lowest BCUT2D eigenvalue weighted by Gasteiger charge is -2.11. The molecule has 0 radical (unpaired) electrons. The SMILES string of the molecule is O=C(CCCNC(=O)OCc1ccccc1)N[C@@H](CO)C(=O)O. The van der Waals surface area contributed by atoms with Crippen molar-refractivity contribution in [2.24, 2.45) is 0 Å². The Morgan fingerprint density at radius 1 is 1.17 bits per heavy atom. The topological polar surface area (TPSA) is 125 Å². The average Bonchev–Trinajstić information content (AvgIpc) is 2.55. The minimum atomic E-state index is -1.31. The van der Waals surface area contributed by atoms with Gasteiger partial charge in [0.25, 0.3) is 0 Å². The summed E-state index contributed by atoms with van der Waals surface area (Å²) in [7, 11) is 0. The molecule has 0 aromatic heterocycles. The van der Waals surface area contributed by atoms with E-state index in [1.165, 1.54) is 0 Å². The van der Waals surface area contributed by atoms with E-state index in [0.717, 1.165) is 5.56 Å². The monoisotopic (exact) mass is 324 g/mol. The van der Waals surface area contributed by atoms with Crippen LogP contribution in [0.1, 0.15) is 18.4 Å². The van der Waals surface area contributed by atoms with Gasteiger partial charge in [-0.2, -0.15) is 0 Å². The second-order valence-electron chi connectivity index (χ2n) is 4.73. The Morgan fingerprint density at radius 3 is 2.48 bits per heavy atom. The van der Waals surface area contributed by atoms with Crippen LogP contribution in [0.3, 0.4) is 0 Å². The third kappa shape index (κ3) is 7.82. The van der Waals surface area contributed by atoms with E-state index in [2.05, 4.69) is 10.6 Å². The number of nitrogens with one attached hydrogen (secondary N) is 2. The summed E-state index contributed by atoms with van der Waals surface area (Å²) in [5, 5.41) is 22.1. The number of hydrogen-bond donors (Lipinski definition) is 4. The summed E-state index contributed by atoms with van der Waals surface area (Å²) in [6.07, 6.45) is -0.236. The van der Waals surface area contributed by atoms with Crippen LogP contribution in [-0.2, 0) is 20.9 Å². The third-order valence-electron chi connectivity index (χ3n) is 2.88. The molecule has 8 heteroatoms. The summed E-state index contributed by atoms with van der Waals surface area (Å²) in [5.74, 6) is -1.81. The lowest BCUT2D eigenvalue weighted by molar-refractivity contribution is -0.142. The van der Waals surface area contributed by atoms with Gasteiger partial charge in [0.15, 0.2) is 0 Å². The zero-order valence-electron chi connectivity index (χ0n) is 12.5. The summed E-state index contributed by atoms with van der Waals surface area (Å²) in [6, 6.07) is 7.89. The highest BCUT2D eigenvalue weighted by molar-refractivity contribution is 5.83. The molecule has 0 spiro atoms. The molecule has 1 rings (SSSR count). The summed E-state index contributed by atoms with van der Waals surface area (Å²) in [5.41, 5.74) is 0.866. The molecule has 23 heavy (non-hydrogen) atoms. The first-order valence-corrected chi connectivity index (χ1v) is 7.10. The molecule has 1 atom stereocenters. The molecule has 1 aromatic carbocycles. The van der Waals surface area contributed by atoms with Gasteiger partial charge in [-0.1, -0.05) is 30.3 Å². The molecule has 0 heterocycles. The number of ether oxygens (including phenoxy) is 1. The van der Waals surface area contributed by atoms with Gasteiger partial charge in [0, 0.05) is 13.0 Å². The first-order chi connectivity index (χ1) is 11.0. The van der Waals surface area contributed by atoms with E-state index in [-0.39, 0.29) is 19.6 Å². The van der Waals surface area contributed by atoms with Crippen LogP contribution in [-0.4, -0.2) is 47.4 Å². The van der Waals surface area contributed by atoms with Gasteiger partial charge in [0.1, 0.15) is 12.6 Å². The first kappa shape index (κ1) is 18.4. The molecule has 2 amide bonds. The van der Waals surface area contributed by atoms with Crippen LogP contribution in [0.2, 0.25) is 0 Å². The van der Waals surface area contributed by atoms with Crippen molar-refractivity contribution in [1.82, 2.24) is 10.6 Å². The number of benzene rings is 1. The summed E-state index contributed by atoms with van der Waals surface area (Å²) in [6.45, 7) is -0.299. The number of rotatable bonds is 9. The number of amides is 2. The fraction of sp³-hybridized carbons (Fsp3) is 0.400. The molecule has 0 unspecified atom stereocenters. The number of hydrogen-bond acceptors (Lipinski definition) is 5. The van der Waals surface area contributed by atoms with Gasteiger partial charge in [-0.3, -0.25) is 4.79 Å². The number of aliphatic carboxylic acids is 1. The van der Waals surface area contributed by atoms with E-state index < -0.39 is 30.6 Å². The maximum Gasteiger partial charge on any atom is 0.407 e. The number of carbonyl (C=O) groups excluding carboxylic acids is 2. The highest BCUT2D eigenvalue weighted by Gasteiger charge is 2.18. The van der Waals surface area contributed by atoms with Crippen LogP contribution in [0.15, 0.2) is 30.3 Å². The number of aliphatic hydroxyl groups is 1. The Balaban J connectivity index is 2.13. The smallest absolute Gasteiger partial charge is 0.407 e. The zero-order valence-corrected chi connectivity index (χ0v) is 12.5. The fourth-order valence-electron chi connectivity index (χ4n) is 1.67. The van der Waals surface area contributed by atoms with E-state index in [0.29, 0.717) is 6.42 Å². The Morgan fingerprint density at radius 2 is 1.87 bits per heavy atom. The predicted molar refractivity (Wildman–Crippen MR) is 80.5 cm³/mol. The summed E-state index contributed by atoms with van der Waals surface area (Å²) >= 11 is 0. The minimum Gasteiger partial charge on any atom is -0.480 e. The van der Waals surface area contributed by atoms with Gasteiger partial charge in [-0.05, 0) is 12.0 Å². The van der Waals surface area contributed by atoms with Crippen molar-refractivity contribution in [3.05, 3.63) is 35.9 Å². The lowest BCUT2D eigenvalue weighted by Crippen LogP contribution is -2.43. The normalized spacial score (nSPS) is 11.3. The number of carboxylic acids is 1. The maximum atomic E-state index is 11.4. The minimum absolute atomic E-state index is 0.0305. The Kier molecular flexibility index (Phi) is 8.16. The van der Waals surface area contributed by atoms with Gasteiger partial charge in [-0.25, -0.2) is 9.59 Å². The van der Waals surface area contributed by atoms with Crippen LogP contribution < -0.4 is 10.6 Å². The van der Waals surface area contributed by atoms with E-state index in [1.54, 1.807) is 0 Å². The van der Waals surface area contributed by atoms with Crippen LogP contribution in [0, 0.1) is 0 Å². The maximum absolute atomic E-state index is 11.4. The lowest BCUT2D eigenvalue weighted by atomic mass is 10.2. The molecule has 0 saturated carbocycles. The van der Waals surface area contributed by atoms with Gasteiger partial charge in [-0.15, -0.1) is 0 Å². The van der Waals surface area contributed by atoms with Crippen molar-refractivity contribution in [3.8, 4) is 0 Å². The molecule has 0 aliphatic rings. The van der Waals surface area contributed by atoms with E-state index in [9.17, 15) is 14.4 Å². The molecule has 0 saturated heterocycles. The van der Waals surface area contributed by atoms with E-state index >= 15 is 0 Å². The van der Waals surface area contributed by atoms with Crippen molar-refractivity contribution in [2.45, 2.75) is 25.5 Å². The van der Waals surface area contributed by atoms with Gasteiger partial charge in [0.2, 0.25) is 5.91 Å². The van der Waals surface area contributed by atoms with E-state index in [4.69, 9.17) is 14.9 Å². The van der Waals surface area contributed by atoms with Crippen molar-refractivity contribution in [3.63, 3.8) is 0 Å². The second-order valence-corrected chi connectivity index (χ2v) is 4.73. The molecule has 0 fully saturated rings. The number of carbonyl (C=O) groups is 3. The fourth-order valence-corrected chi connectivity index (χ4v) is 1.67. The predicted octanol–water partition coefficient (Wildman–Crippen LogP) is 0.255. The Hall–Kier alpha value is -2.61. The standard InChI is InChI=1S/C15H20N2O6/c18-9-12(14(20)21)17-13(19)7-4-8-16-15(22)23-10-11-5-2-1-3-6-11/h1-3,5-6,12,18H,4,7-10H2,(H,16,22)(H,17,19)(H,20,21)/t12-/m0/s1. The van der Waals surface area contributed by atoms with Crippen molar-refractivity contribution in [2.75, 3.05) is 13.2 Å². The zero-order chi connectivity index (χ0) is 17.1. The molecule has 0 bridgehead atoms. The highest BCUT2D eigenvalue weighted by Crippen LogP contribution is 2.00. The quantitative estimate of drug-likeness (QED) is 0.483. The van der Waals surface area contributed by atoms with Gasteiger partial charge < -0.3 is 25.6 Å². The van der Waals surface area contributed by atoms with Crippen LogP contribution in [0.4, 0.5) is 4.79 Å². The average molecular weight is 324 g/mol. The number of carboxylic acid groups (broad SMARTS) is 1. The van der Waals surface area contributed by atoms with E-state index in [1.807, 2.05) is 30.3 Å². The van der Waals surface area contributed by atoms with Crippen molar-refractivity contribution >= 4 is 18.0 Å². The molecule has 126 valence electrons. The van der Waals surface area contributed by atoms with Crippen molar-refractivity contribution in [1.29, 1.82) is 0 Å². The first-order valence-electron chi connectivity index (χ1n) is 7.10. The molecular weight excluding hydrogens is 304 g/mol. The summed E-state index contributed by atoms with van der Waals surface area (Å²) < 4.78 is 4.99. The number of aliphatic hydroxyl groups excluding tert-OH is 1.